The lowest BCUT2D eigenvalue weighted by Crippen LogP contribution is -2.55. The molecule has 63 heavy (non-hydrogen) atoms. The van der Waals surface area contributed by atoms with E-state index in [0.717, 1.165) is 29.1 Å². The number of nitrogens with zero attached hydrogens (tertiary/aromatic N) is 5. The average molecular weight is 879 g/mol. The predicted molar refractivity (Wildman–Crippen MR) is 231 cm³/mol. The van der Waals surface area contributed by atoms with E-state index in [1.165, 1.54) is 19.2 Å². The Balaban J connectivity index is 1.04. The Kier molecular flexibility index (Phi) is 13.0. The van der Waals surface area contributed by atoms with Gasteiger partial charge in [0.05, 0.1) is 24.2 Å². The van der Waals surface area contributed by atoms with Gasteiger partial charge in [0.2, 0.25) is 5.91 Å². The summed E-state index contributed by atoms with van der Waals surface area (Å²) >= 11 is 0. The van der Waals surface area contributed by atoms with Crippen LogP contribution in [-0.4, -0.2) is 131 Å². The summed E-state index contributed by atoms with van der Waals surface area (Å²) in [6.45, 7) is 15.1. The highest BCUT2D eigenvalue weighted by Gasteiger charge is 2.41. The first kappa shape index (κ1) is 45.3. The highest BCUT2D eigenvalue weighted by atomic mass is 19.4. The third kappa shape index (κ3) is 10.5. The Morgan fingerprint density at radius 2 is 1.62 bits per heavy atom. The second-order valence-corrected chi connectivity index (χ2v) is 18.1. The number of imidazole rings is 1. The van der Waals surface area contributed by atoms with Crippen molar-refractivity contribution in [2.24, 2.45) is 11.8 Å². The summed E-state index contributed by atoms with van der Waals surface area (Å²) in [5.41, 5.74) is 1.60. The van der Waals surface area contributed by atoms with Crippen LogP contribution in [0.25, 0.3) is 32.9 Å². The standard InChI is InChI=1S/C45H57F3N8O7/c1-26(2)37(52-42(59)61-7)40(57)56-25-27(3)22-35(56)39-50-34-13-9-29-23-28(8-11-33(29)38(34)51-39)32-12-10-30(24-36(32)62-45(46,47)48)49-41(58)54-20-18-53(19-21-54)31-14-16-55(17-15-31)43(60)63-44(4,5)6/h8-13,23-24,26-27,31,35,37H,14-22,25H2,1-7H3,(H,49,58)(H,50,51)(H,52,59)/t27-,35-,37?/m0/s1. The van der Waals surface area contributed by atoms with Crippen molar-refractivity contribution in [3.05, 3.63) is 54.4 Å². The van der Waals surface area contributed by atoms with Gasteiger partial charge in [-0.25, -0.2) is 19.4 Å². The zero-order valence-electron chi connectivity index (χ0n) is 36.8. The van der Waals surface area contributed by atoms with Crippen LogP contribution in [0.15, 0.2) is 48.5 Å². The number of anilines is 1. The molecule has 5 amide bonds. The molecule has 3 fully saturated rings. The number of hydrogen-bond acceptors (Lipinski definition) is 9. The number of likely N-dealkylation sites (tertiary alicyclic amines) is 2. The maximum Gasteiger partial charge on any atom is 0.573 e. The van der Waals surface area contributed by atoms with Crippen molar-refractivity contribution in [3.63, 3.8) is 0 Å². The number of alkyl halides is 3. The zero-order chi connectivity index (χ0) is 45.4. The van der Waals surface area contributed by atoms with Gasteiger partial charge in [-0.3, -0.25) is 9.69 Å². The maximum atomic E-state index is 13.8. The predicted octanol–water partition coefficient (Wildman–Crippen LogP) is 8.12. The van der Waals surface area contributed by atoms with Crippen molar-refractivity contribution >= 4 is 51.6 Å². The van der Waals surface area contributed by atoms with Crippen molar-refractivity contribution in [1.29, 1.82) is 0 Å². The van der Waals surface area contributed by atoms with Crippen molar-refractivity contribution < 1.29 is 46.6 Å². The minimum absolute atomic E-state index is 0.154. The van der Waals surface area contributed by atoms with E-state index in [2.05, 4.69) is 32.2 Å². The molecule has 3 atom stereocenters. The van der Waals surface area contributed by atoms with Gasteiger partial charge >= 0.3 is 24.6 Å². The van der Waals surface area contributed by atoms with Crippen LogP contribution >= 0.6 is 0 Å². The number of aromatic nitrogens is 2. The second kappa shape index (κ2) is 18.1. The number of amides is 5. The first-order chi connectivity index (χ1) is 29.8. The third-order valence-corrected chi connectivity index (χ3v) is 12.0. The molecule has 18 heteroatoms. The van der Waals surface area contributed by atoms with Crippen molar-refractivity contribution in [1.82, 2.24) is 34.9 Å². The smallest absolute Gasteiger partial charge is 0.453 e. The number of carbonyl (C=O) groups is 4. The number of methoxy groups -OCH3 is 1. The molecule has 0 aliphatic carbocycles. The number of rotatable bonds is 8. The number of hydrogen-bond donors (Lipinski definition) is 3. The topological polar surface area (TPSA) is 162 Å². The molecule has 0 bridgehead atoms. The number of halogens is 3. The summed E-state index contributed by atoms with van der Waals surface area (Å²) in [6.07, 6.45) is -3.74. The van der Waals surface area contributed by atoms with Gasteiger partial charge in [0.1, 0.15) is 23.2 Å². The molecule has 0 spiro atoms. The largest absolute Gasteiger partial charge is 0.573 e. The Bertz CT molecular complexity index is 2330. The molecule has 0 saturated carbocycles. The number of piperazine rings is 1. The first-order valence-electron chi connectivity index (χ1n) is 21.5. The molecule has 1 unspecified atom stereocenters. The van der Waals surface area contributed by atoms with Crippen LogP contribution in [0.4, 0.5) is 33.2 Å². The van der Waals surface area contributed by atoms with Crippen LogP contribution in [0.5, 0.6) is 5.75 Å². The number of urea groups is 1. The number of ether oxygens (including phenoxy) is 3. The van der Waals surface area contributed by atoms with E-state index in [1.54, 1.807) is 39.0 Å². The summed E-state index contributed by atoms with van der Waals surface area (Å²) < 4.78 is 56.4. The molecule has 3 aliphatic heterocycles. The van der Waals surface area contributed by atoms with Crippen molar-refractivity contribution in [3.8, 4) is 16.9 Å². The molecule has 7 rings (SSSR count). The van der Waals surface area contributed by atoms with E-state index in [9.17, 15) is 32.3 Å². The van der Waals surface area contributed by atoms with E-state index in [0.29, 0.717) is 69.1 Å². The average Bonchev–Trinajstić information content (AvgIpc) is 3.85. The number of H-pyrrole nitrogens is 1. The summed E-state index contributed by atoms with van der Waals surface area (Å²) in [5.74, 6) is -0.118. The van der Waals surface area contributed by atoms with Gasteiger partial charge in [0, 0.05) is 74.6 Å². The van der Waals surface area contributed by atoms with Crippen LogP contribution in [0, 0.1) is 11.8 Å². The molecular formula is C45H57F3N8O7. The number of carbonyl (C=O) groups excluding carboxylic acids is 4. The normalized spacial score (nSPS) is 19.7. The minimum atomic E-state index is -5.00. The van der Waals surface area contributed by atoms with Gasteiger partial charge in [-0.05, 0) is 87.1 Å². The minimum Gasteiger partial charge on any atom is -0.453 e. The lowest BCUT2D eigenvalue weighted by Gasteiger charge is -2.42. The highest BCUT2D eigenvalue weighted by Crippen LogP contribution is 2.40. The van der Waals surface area contributed by atoms with Crippen molar-refractivity contribution in [2.45, 2.75) is 90.9 Å². The van der Waals surface area contributed by atoms with E-state index in [1.807, 2.05) is 46.8 Å². The molecule has 4 heterocycles. The van der Waals surface area contributed by atoms with Gasteiger partial charge in [-0.2, -0.15) is 0 Å². The van der Waals surface area contributed by atoms with E-state index in [4.69, 9.17) is 14.5 Å². The number of benzene rings is 3. The van der Waals surface area contributed by atoms with E-state index < -0.39 is 35.9 Å². The lowest BCUT2D eigenvalue weighted by atomic mass is 9.99. The molecule has 3 aliphatic rings. The summed E-state index contributed by atoms with van der Waals surface area (Å²) in [6, 6.07) is 11.9. The fraction of sp³-hybridized carbons (Fsp3) is 0.533. The van der Waals surface area contributed by atoms with E-state index in [-0.39, 0.29) is 47.2 Å². The third-order valence-electron chi connectivity index (χ3n) is 12.0. The van der Waals surface area contributed by atoms with Gasteiger partial charge in [-0.15, -0.1) is 13.2 Å². The Labute approximate surface area is 364 Å². The molecular weight excluding hydrogens is 822 g/mol. The van der Waals surface area contributed by atoms with E-state index >= 15 is 0 Å². The SMILES string of the molecule is COC(=O)NC(C(=O)N1C[C@@H](C)C[C@H]1c1nc2c(ccc3cc(-c4ccc(NC(=O)N5CCN(C6CCN(C(=O)OC(C)(C)C)CC6)CC5)cc4OC(F)(F)F)ccc32)[nH]1)C(C)C. The monoisotopic (exact) mass is 878 g/mol. The molecule has 3 N–H and O–H groups in total. The fourth-order valence-corrected chi connectivity index (χ4v) is 8.85. The highest BCUT2D eigenvalue weighted by molar-refractivity contribution is 6.05. The van der Waals surface area contributed by atoms with Crippen LogP contribution in [0.2, 0.25) is 0 Å². The van der Waals surface area contributed by atoms with Crippen LogP contribution in [0.1, 0.15) is 72.7 Å². The molecule has 4 aromatic rings. The van der Waals surface area contributed by atoms with Gasteiger partial charge < -0.3 is 44.5 Å². The fourth-order valence-electron chi connectivity index (χ4n) is 8.85. The number of fused-ring (bicyclic) bond motifs is 3. The maximum absolute atomic E-state index is 13.8. The Morgan fingerprint density at radius 3 is 2.27 bits per heavy atom. The van der Waals surface area contributed by atoms with Crippen LogP contribution in [0.3, 0.4) is 0 Å². The first-order valence-corrected chi connectivity index (χ1v) is 21.5. The molecule has 3 saturated heterocycles. The number of nitrogens with one attached hydrogen (secondary N) is 3. The quantitative estimate of drug-likeness (QED) is 0.159. The second-order valence-electron chi connectivity index (χ2n) is 18.1. The molecule has 340 valence electrons. The molecule has 3 aromatic carbocycles. The molecule has 0 radical (unpaired) electrons. The van der Waals surface area contributed by atoms with Crippen LogP contribution < -0.4 is 15.4 Å². The summed E-state index contributed by atoms with van der Waals surface area (Å²) in [4.78, 5) is 67.6. The van der Waals surface area contributed by atoms with Gasteiger partial charge in [0.25, 0.3) is 0 Å². The van der Waals surface area contributed by atoms with Crippen molar-refractivity contribution in [2.75, 3.05) is 58.2 Å². The Hall–Kier alpha value is -5.78. The number of aromatic amines is 1. The lowest BCUT2D eigenvalue weighted by molar-refractivity contribution is -0.274. The summed E-state index contributed by atoms with van der Waals surface area (Å²) in [5, 5.41) is 6.90. The van der Waals surface area contributed by atoms with Gasteiger partial charge in [-0.1, -0.05) is 39.0 Å². The van der Waals surface area contributed by atoms with Crippen LogP contribution in [-0.2, 0) is 14.3 Å². The molecule has 1 aromatic heterocycles. The summed E-state index contributed by atoms with van der Waals surface area (Å²) in [7, 11) is 1.25. The number of alkyl carbamates (subject to hydrolysis) is 1. The number of piperidine rings is 1. The molecule has 15 nitrogen and oxygen atoms in total. The van der Waals surface area contributed by atoms with Gasteiger partial charge in [0.15, 0.2) is 0 Å². The Morgan fingerprint density at radius 1 is 0.905 bits per heavy atom. The zero-order valence-corrected chi connectivity index (χ0v) is 36.8.